The Labute approximate surface area is 159 Å². The molecule has 7 nitrogen and oxygen atoms in total. The summed E-state index contributed by atoms with van der Waals surface area (Å²) in [4.78, 5) is 32.8. The number of nitrogens with zero attached hydrogens (tertiary/aromatic N) is 5. The van der Waals surface area contributed by atoms with Gasteiger partial charge in [-0.15, -0.1) is 0 Å². The number of carbonyl (C=O) groups excluding carboxylic acids is 2. The van der Waals surface area contributed by atoms with Crippen LogP contribution in [0.25, 0.3) is 5.65 Å². The van der Waals surface area contributed by atoms with Gasteiger partial charge < -0.3 is 9.80 Å². The Morgan fingerprint density at radius 2 is 2.04 bits per heavy atom. The molecule has 3 rings (SSSR count). The maximum absolute atomic E-state index is 12.8. The summed E-state index contributed by atoms with van der Waals surface area (Å²) in [5, 5.41) is 4.49. The molecule has 1 aliphatic rings. The van der Waals surface area contributed by atoms with Crippen molar-refractivity contribution in [3.8, 4) is 0 Å². The van der Waals surface area contributed by atoms with Crippen molar-refractivity contribution in [2.24, 2.45) is 0 Å². The first kappa shape index (κ1) is 19.1. The van der Waals surface area contributed by atoms with E-state index in [0.717, 1.165) is 28.3 Å². The van der Waals surface area contributed by atoms with Crippen LogP contribution in [0.3, 0.4) is 0 Å². The molecule has 27 heavy (non-hydrogen) atoms. The molecule has 144 valence electrons. The van der Waals surface area contributed by atoms with Crippen LogP contribution < -0.4 is 0 Å². The Morgan fingerprint density at radius 1 is 1.30 bits per heavy atom. The third kappa shape index (κ3) is 3.72. The summed E-state index contributed by atoms with van der Waals surface area (Å²) in [7, 11) is 0. The van der Waals surface area contributed by atoms with E-state index < -0.39 is 0 Å². The van der Waals surface area contributed by atoms with E-state index in [9.17, 15) is 9.59 Å². The lowest BCUT2D eigenvalue weighted by Gasteiger charge is -2.39. The lowest BCUT2D eigenvalue weighted by atomic mass is 10.0. The van der Waals surface area contributed by atoms with Gasteiger partial charge in [-0.1, -0.05) is 6.58 Å². The van der Waals surface area contributed by atoms with Crippen molar-refractivity contribution in [3.63, 3.8) is 0 Å². The highest BCUT2D eigenvalue weighted by molar-refractivity contribution is 5.87. The molecule has 0 N–H and O–H groups in total. The molecule has 2 aromatic rings. The Bertz CT molecular complexity index is 901. The van der Waals surface area contributed by atoms with E-state index in [1.165, 1.54) is 6.08 Å². The summed E-state index contributed by atoms with van der Waals surface area (Å²) in [6.45, 7) is 13.1. The van der Waals surface area contributed by atoms with E-state index in [1.807, 2.05) is 43.2 Å². The van der Waals surface area contributed by atoms with Gasteiger partial charge in [0.25, 0.3) is 0 Å². The molecule has 0 spiro atoms. The number of piperazine rings is 1. The van der Waals surface area contributed by atoms with Gasteiger partial charge in [0.1, 0.15) is 0 Å². The van der Waals surface area contributed by atoms with Crippen molar-refractivity contribution < 1.29 is 9.59 Å². The van der Waals surface area contributed by atoms with Gasteiger partial charge >= 0.3 is 0 Å². The maximum atomic E-state index is 12.8. The number of carbonyl (C=O) groups is 2. The highest BCUT2D eigenvalue weighted by atomic mass is 16.2. The largest absolute Gasteiger partial charge is 0.336 e. The minimum Gasteiger partial charge on any atom is -0.336 e. The first-order valence-electron chi connectivity index (χ1n) is 9.35. The number of amides is 2. The quantitative estimate of drug-likeness (QED) is 0.771. The first-order chi connectivity index (χ1) is 12.8. The second kappa shape index (κ2) is 7.50. The standard InChI is InChI=1S/C20H27N5O2/c1-6-19(26)23-9-10-24(14(3)12-23)20(27)8-7-17-15(4)21-18-11-13(2)22-25(18)16(17)5/h6,11,14H,1,7-10,12H2,2-5H3/t14-/m0/s1. The van der Waals surface area contributed by atoms with Crippen LogP contribution in [0.5, 0.6) is 0 Å². The third-order valence-corrected chi connectivity index (χ3v) is 5.31. The minimum absolute atomic E-state index is 0.00622. The highest BCUT2D eigenvalue weighted by Crippen LogP contribution is 2.19. The van der Waals surface area contributed by atoms with Gasteiger partial charge in [-0.25, -0.2) is 9.50 Å². The smallest absolute Gasteiger partial charge is 0.246 e. The predicted octanol–water partition coefficient (Wildman–Crippen LogP) is 1.83. The topological polar surface area (TPSA) is 70.8 Å². The average Bonchev–Trinajstić information content (AvgIpc) is 3.00. The molecular formula is C20H27N5O2. The SMILES string of the molecule is C=CC(=O)N1CCN(C(=O)CCc2c(C)nc3cc(C)nn3c2C)[C@@H](C)C1. The Morgan fingerprint density at radius 3 is 2.70 bits per heavy atom. The van der Waals surface area contributed by atoms with Crippen LogP contribution in [0, 0.1) is 20.8 Å². The number of fused-ring (bicyclic) bond motifs is 1. The van der Waals surface area contributed by atoms with Crippen molar-refractivity contribution in [3.05, 3.63) is 41.4 Å². The molecule has 0 radical (unpaired) electrons. The van der Waals surface area contributed by atoms with Crippen LogP contribution in [-0.2, 0) is 16.0 Å². The Balaban J connectivity index is 1.68. The van der Waals surface area contributed by atoms with Crippen LogP contribution in [-0.4, -0.2) is 61.9 Å². The molecule has 1 aliphatic heterocycles. The van der Waals surface area contributed by atoms with Crippen molar-refractivity contribution in [2.45, 2.75) is 46.6 Å². The van der Waals surface area contributed by atoms with Gasteiger partial charge in [-0.05, 0) is 45.8 Å². The highest BCUT2D eigenvalue weighted by Gasteiger charge is 2.28. The Hall–Kier alpha value is -2.70. The number of hydrogen-bond donors (Lipinski definition) is 0. The summed E-state index contributed by atoms with van der Waals surface area (Å²) in [6.07, 6.45) is 2.39. The summed E-state index contributed by atoms with van der Waals surface area (Å²) < 4.78 is 1.85. The monoisotopic (exact) mass is 369 g/mol. The van der Waals surface area contributed by atoms with Gasteiger partial charge in [-0.2, -0.15) is 5.10 Å². The van der Waals surface area contributed by atoms with E-state index in [1.54, 1.807) is 4.90 Å². The fourth-order valence-corrected chi connectivity index (χ4v) is 3.84. The zero-order chi connectivity index (χ0) is 19.7. The maximum Gasteiger partial charge on any atom is 0.246 e. The molecule has 0 bridgehead atoms. The van der Waals surface area contributed by atoms with E-state index in [-0.39, 0.29) is 17.9 Å². The van der Waals surface area contributed by atoms with E-state index in [0.29, 0.717) is 32.5 Å². The normalized spacial score (nSPS) is 17.4. The zero-order valence-electron chi connectivity index (χ0n) is 16.5. The molecular weight excluding hydrogens is 342 g/mol. The van der Waals surface area contributed by atoms with Crippen molar-refractivity contribution >= 4 is 17.5 Å². The predicted molar refractivity (Wildman–Crippen MR) is 103 cm³/mol. The average molecular weight is 369 g/mol. The summed E-state index contributed by atoms with van der Waals surface area (Å²) in [6, 6.07) is 1.97. The lowest BCUT2D eigenvalue weighted by molar-refractivity contribution is -0.140. The van der Waals surface area contributed by atoms with Crippen molar-refractivity contribution in [1.82, 2.24) is 24.4 Å². The van der Waals surface area contributed by atoms with Gasteiger partial charge in [0, 0.05) is 49.6 Å². The molecule has 0 aliphatic carbocycles. The second-order valence-corrected chi connectivity index (χ2v) is 7.24. The van der Waals surface area contributed by atoms with Crippen molar-refractivity contribution in [2.75, 3.05) is 19.6 Å². The molecule has 0 saturated carbocycles. The molecule has 1 saturated heterocycles. The third-order valence-electron chi connectivity index (χ3n) is 5.31. The Kier molecular flexibility index (Phi) is 5.30. The summed E-state index contributed by atoms with van der Waals surface area (Å²) in [5.74, 6) is 0.0397. The van der Waals surface area contributed by atoms with Gasteiger partial charge in [0.15, 0.2) is 5.65 Å². The number of rotatable bonds is 4. The fourth-order valence-electron chi connectivity index (χ4n) is 3.84. The molecule has 3 heterocycles. The number of aryl methyl sites for hydroxylation is 3. The van der Waals surface area contributed by atoms with E-state index >= 15 is 0 Å². The van der Waals surface area contributed by atoms with Gasteiger partial charge in [0.2, 0.25) is 11.8 Å². The van der Waals surface area contributed by atoms with Crippen LogP contribution >= 0.6 is 0 Å². The number of aromatic nitrogens is 3. The minimum atomic E-state index is -0.0749. The summed E-state index contributed by atoms with van der Waals surface area (Å²) >= 11 is 0. The molecule has 1 atom stereocenters. The molecule has 2 amide bonds. The van der Waals surface area contributed by atoms with Gasteiger partial charge in [-0.3, -0.25) is 9.59 Å². The van der Waals surface area contributed by atoms with Crippen molar-refractivity contribution in [1.29, 1.82) is 0 Å². The van der Waals surface area contributed by atoms with Crippen LogP contribution in [0.4, 0.5) is 0 Å². The van der Waals surface area contributed by atoms with Gasteiger partial charge in [0.05, 0.1) is 5.69 Å². The molecule has 0 aromatic carbocycles. The molecule has 1 fully saturated rings. The lowest BCUT2D eigenvalue weighted by Crippen LogP contribution is -2.55. The van der Waals surface area contributed by atoms with E-state index in [2.05, 4.69) is 16.7 Å². The second-order valence-electron chi connectivity index (χ2n) is 7.24. The molecule has 0 unspecified atom stereocenters. The first-order valence-corrected chi connectivity index (χ1v) is 9.35. The molecule has 7 heteroatoms. The van der Waals surface area contributed by atoms with Crippen LogP contribution in [0.2, 0.25) is 0 Å². The van der Waals surface area contributed by atoms with E-state index in [4.69, 9.17) is 0 Å². The number of hydrogen-bond acceptors (Lipinski definition) is 4. The zero-order valence-corrected chi connectivity index (χ0v) is 16.5. The summed E-state index contributed by atoms with van der Waals surface area (Å²) in [5.41, 5.74) is 4.83. The molecule has 2 aromatic heterocycles. The van der Waals surface area contributed by atoms with Crippen LogP contribution in [0.1, 0.15) is 36.0 Å². The fraction of sp³-hybridized carbons (Fsp3) is 0.500. The van der Waals surface area contributed by atoms with Crippen LogP contribution in [0.15, 0.2) is 18.7 Å².